The van der Waals surface area contributed by atoms with Crippen LogP contribution in [-0.2, 0) is 9.53 Å². The highest BCUT2D eigenvalue weighted by Crippen LogP contribution is 2.22. The highest BCUT2D eigenvalue weighted by atomic mass is 127. The molecule has 0 saturated heterocycles. The Balaban J connectivity index is 1.84. The van der Waals surface area contributed by atoms with E-state index in [1.165, 1.54) is 0 Å². The fourth-order valence-corrected chi connectivity index (χ4v) is 2.72. The summed E-state index contributed by atoms with van der Waals surface area (Å²) in [5, 5.41) is 0. The second-order valence-electron chi connectivity index (χ2n) is 6.04. The maximum absolute atomic E-state index is 12.1. The van der Waals surface area contributed by atoms with Crippen LogP contribution in [0.15, 0.2) is 53.2 Å². The van der Waals surface area contributed by atoms with Gasteiger partial charge in [-0.2, -0.15) is 0 Å². The zero-order valence-electron chi connectivity index (χ0n) is 14.2. The summed E-state index contributed by atoms with van der Waals surface area (Å²) in [6, 6.07) is 13.4. The second kappa shape index (κ2) is 7.39. The molecule has 1 aliphatic rings. The van der Waals surface area contributed by atoms with E-state index in [-0.39, 0.29) is 6.10 Å². The highest BCUT2D eigenvalue weighted by Gasteiger charge is 2.24. The van der Waals surface area contributed by atoms with E-state index < -0.39 is 5.97 Å². The van der Waals surface area contributed by atoms with Crippen molar-refractivity contribution in [2.24, 2.45) is 4.99 Å². The van der Waals surface area contributed by atoms with E-state index in [2.05, 4.69) is 27.6 Å². The number of hydrogen-bond donors (Lipinski definition) is 0. The van der Waals surface area contributed by atoms with Gasteiger partial charge in [0, 0.05) is 9.13 Å². The van der Waals surface area contributed by atoms with Crippen LogP contribution in [-0.4, -0.2) is 18.0 Å². The lowest BCUT2D eigenvalue weighted by molar-refractivity contribution is -0.129. The number of aryl methyl sites for hydroxylation is 1. The SMILES string of the molecule is Cc1cc(C2=N/C(=C\c3ccc(OC(C)C)cc3)C(=O)O2)ccc1I. The van der Waals surface area contributed by atoms with Crippen LogP contribution in [0.2, 0.25) is 0 Å². The van der Waals surface area contributed by atoms with Crippen molar-refractivity contribution in [2.45, 2.75) is 26.9 Å². The standard InChI is InChI=1S/C20H18INO3/c1-12(2)24-16-7-4-14(5-8-16)11-18-20(23)25-19(22-18)15-6-9-17(21)13(3)10-15/h4-12H,1-3H3/b18-11-. The van der Waals surface area contributed by atoms with Crippen LogP contribution in [0, 0.1) is 10.5 Å². The summed E-state index contributed by atoms with van der Waals surface area (Å²) in [6.45, 7) is 5.97. The largest absolute Gasteiger partial charge is 0.491 e. The quantitative estimate of drug-likeness (QED) is 0.387. The predicted octanol–water partition coefficient (Wildman–Crippen LogP) is 4.73. The molecular weight excluding hydrogens is 429 g/mol. The molecule has 0 fully saturated rings. The first kappa shape index (κ1) is 17.7. The van der Waals surface area contributed by atoms with Gasteiger partial charge in [-0.05, 0) is 90.9 Å². The molecule has 3 rings (SSSR count). The van der Waals surface area contributed by atoms with Crippen LogP contribution in [0.25, 0.3) is 6.08 Å². The molecular formula is C20H18INO3. The number of esters is 1. The highest BCUT2D eigenvalue weighted by molar-refractivity contribution is 14.1. The first-order chi connectivity index (χ1) is 11.9. The van der Waals surface area contributed by atoms with Crippen molar-refractivity contribution >= 4 is 40.5 Å². The molecule has 0 aliphatic carbocycles. The molecule has 25 heavy (non-hydrogen) atoms. The molecule has 128 valence electrons. The fourth-order valence-electron chi connectivity index (χ4n) is 2.38. The molecule has 0 unspecified atom stereocenters. The molecule has 5 heteroatoms. The van der Waals surface area contributed by atoms with Gasteiger partial charge >= 0.3 is 5.97 Å². The van der Waals surface area contributed by atoms with Crippen molar-refractivity contribution in [2.75, 3.05) is 0 Å². The molecule has 2 aromatic rings. The molecule has 0 amide bonds. The Hall–Kier alpha value is -2.15. The van der Waals surface area contributed by atoms with E-state index in [1.54, 1.807) is 6.08 Å². The summed E-state index contributed by atoms with van der Waals surface area (Å²) in [5.74, 6) is 0.703. The summed E-state index contributed by atoms with van der Waals surface area (Å²) in [6.07, 6.45) is 1.84. The zero-order chi connectivity index (χ0) is 18.0. The van der Waals surface area contributed by atoms with Gasteiger partial charge in [0.2, 0.25) is 5.90 Å². The lowest BCUT2D eigenvalue weighted by Gasteiger charge is -2.09. The molecule has 0 atom stereocenters. The summed E-state index contributed by atoms with van der Waals surface area (Å²) in [7, 11) is 0. The maximum atomic E-state index is 12.1. The van der Waals surface area contributed by atoms with Crippen molar-refractivity contribution < 1.29 is 14.3 Å². The maximum Gasteiger partial charge on any atom is 0.363 e. The van der Waals surface area contributed by atoms with Gasteiger partial charge in [-0.1, -0.05) is 12.1 Å². The van der Waals surface area contributed by atoms with Crippen molar-refractivity contribution in [1.29, 1.82) is 0 Å². The number of benzene rings is 2. The normalized spacial score (nSPS) is 15.5. The third-order valence-electron chi connectivity index (χ3n) is 3.58. The number of nitrogens with zero attached hydrogens (tertiary/aromatic N) is 1. The van der Waals surface area contributed by atoms with Gasteiger partial charge < -0.3 is 9.47 Å². The van der Waals surface area contributed by atoms with E-state index in [9.17, 15) is 4.79 Å². The molecule has 0 bridgehead atoms. The van der Waals surface area contributed by atoms with E-state index in [1.807, 2.05) is 63.2 Å². The van der Waals surface area contributed by atoms with Gasteiger partial charge in [0.1, 0.15) is 5.75 Å². The van der Waals surface area contributed by atoms with Gasteiger partial charge in [-0.3, -0.25) is 0 Å². The number of carbonyl (C=O) groups excluding carboxylic acids is 1. The Bertz CT molecular complexity index is 867. The zero-order valence-corrected chi connectivity index (χ0v) is 16.4. The van der Waals surface area contributed by atoms with E-state index in [0.717, 1.165) is 26.0 Å². The minimum Gasteiger partial charge on any atom is -0.491 e. The van der Waals surface area contributed by atoms with Crippen LogP contribution in [0.1, 0.15) is 30.5 Å². The molecule has 2 aromatic carbocycles. The number of ether oxygens (including phenoxy) is 2. The Morgan fingerprint density at radius 3 is 2.52 bits per heavy atom. The summed E-state index contributed by atoms with van der Waals surface area (Å²) < 4.78 is 12.1. The van der Waals surface area contributed by atoms with Crippen LogP contribution in [0.3, 0.4) is 0 Å². The fraction of sp³-hybridized carbons (Fsp3) is 0.200. The average molecular weight is 447 g/mol. The van der Waals surface area contributed by atoms with Gasteiger partial charge in [-0.15, -0.1) is 0 Å². The van der Waals surface area contributed by atoms with Crippen LogP contribution < -0.4 is 4.74 Å². The number of rotatable bonds is 4. The monoisotopic (exact) mass is 447 g/mol. The third-order valence-corrected chi connectivity index (χ3v) is 4.79. The number of halogens is 1. The minimum absolute atomic E-state index is 0.124. The van der Waals surface area contributed by atoms with E-state index >= 15 is 0 Å². The lowest BCUT2D eigenvalue weighted by atomic mass is 10.1. The van der Waals surface area contributed by atoms with Crippen LogP contribution in [0.4, 0.5) is 0 Å². The van der Waals surface area contributed by atoms with Gasteiger partial charge in [0.25, 0.3) is 0 Å². The Kier molecular flexibility index (Phi) is 5.22. The molecule has 1 heterocycles. The minimum atomic E-state index is -0.436. The Morgan fingerprint density at radius 1 is 1.16 bits per heavy atom. The molecule has 0 spiro atoms. The topological polar surface area (TPSA) is 47.9 Å². The second-order valence-corrected chi connectivity index (χ2v) is 7.20. The Morgan fingerprint density at radius 2 is 1.88 bits per heavy atom. The van der Waals surface area contributed by atoms with Crippen LogP contribution >= 0.6 is 22.6 Å². The molecule has 0 saturated carbocycles. The van der Waals surface area contributed by atoms with Crippen molar-refractivity contribution in [1.82, 2.24) is 0 Å². The van der Waals surface area contributed by atoms with Gasteiger partial charge in [-0.25, -0.2) is 9.79 Å². The van der Waals surface area contributed by atoms with E-state index in [4.69, 9.17) is 9.47 Å². The molecule has 0 radical (unpaired) electrons. The smallest absolute Gasteiger partial charge is 0.363 e. The summed E-state index contributed by atoms with van der Waals surface area (Å²) >= 11 is 2.27. The molecule has 0 aromatic heterocycles. The molecule has 0 N–H and O–H groups in total. The number of hydrogen-bond acceptors (Lipinski definition) is 4. The van der Waals surface area contributed by atoms with Crippen molar-refractivity contribution in [3.8, 4) is 5.75 Å². The van der Waals surface area contributed by atoms with Crippen LogP contribution in [0.5, 0.6) is 5.75 Å². The van der Waals surface area contributed by atoms with Crippen molar-refractivity contribution in [3.05, 3.63) is 68.4 Å². The molecule has 1 aliphatic heterocycles. The average Bonchev–Trinajstić information content (AvgIpc) is 2.92. The number of aliphatic imine (C=N–C) groups is 1. The Labute approximate surface area is 160 Å². The molecule has 4 nitrogen and oxygen atoms in total. The van der Waals surface area contributed by atoms with Gasteiger partial charge in [0.15, 0.2) is 5.70 Å². The third kappa shape index (κ3) is 4.28. The number of cyclic esters (lactones) is 1. The predicted molar refractivity (Wildman–Crippen MR) is 107 cm³/mol. The van der Waals surface area contributed by atoms with E-state index in [0.29, 0.717) is 11.6 Å². The van der Waals surface area contributed by atoms with Crippen molar-refractivity contribution in [3.63, 3.8) is 0 Å². The summed E-state index contributed by atoms with van der Waals surface area (Å²) in [5.41, 5.74) is 3.08. The first-order valence-electron chi connectivity index (χ1n) is 7.98. The van der Waals surface area contributed by atoms with Gasteiger partial charge in [0.05, 0.1) is 6.10 Å². The number of carbonyl (C=O) groups is 1. The lowest BCUT2D eigenvalue weighted by Crippen LogP contribution is -2.06. The summed E-state index contributed by atoms with van der Waals surface area (Å²) in [4.78, 5) is 16.4. The first-order valence-corrected chi connectivity index (χ1v) is 9.06.